The Hall–Kier alpha value is -4.53. The van der Waals surface area contributed by atoms with Crippen LogP contribution in [0.5, 0.6) is 0 Å². The molecule has 1 unspecified atom stereocenters. The lowest BCUT2D eigenvalue weighted by Crippen LogP contribution is -2.37. The van der Waals surface area contributed by atoms with E-state index in [9.17, 15) is 14.4 Å². The predicted octanol–water partition coefficient (Wildman–Crippen LogP) is 11.8. The van der Waals surface area contributed by atoms with Crippen molar-refractivity contribution in [3.8, 4) is 47.4 Å². The van der Waals surface area contributed by atoms with Crippen LogP contribution in [0.25, 0.3) is 0 Å². The van der Waals surface area contributed by atoms with Gasteiger partial charge < -0.3 is 42.8 Å². The van der Waals surface area contributed by atoms with Gasteiger partial charge in [-0.2, -0.15) is 0 Å². The first-order valence-electron chi connectivity index (χ1n) is 26.5. The Morgan fingerprint density at radius 2 is 0.900 bits per heavy atom. The summed E-state index contributed by atoms with van der Waals surface area (Å²) in [6.07, 6.45) is 15.3. The van der Waals surface area contributed by atoms with Gasteiger partial charge in [0.15, 0.2) is 12.6 Å². The Kier molecular flexibility index (Phi) is 38.1. The van der Waals surface area contributed by atoms with Crippen LogP contribution in [-0.2, 0) is 67.3 Å². The fraction of sp³-hybridized carbons (Fsp3) is 0.707. The zero-order valence-electron chi connectivity index (χ0n) is 43.7. The number of benzene rings is 1. The van der Waals surface area contributed by atoms with Crippen LogP contribution in [0.15, 0.2) is 18.2 Å². The van der Waals surface area contributed by atoms with Crippen LogP contribution < -0.4 is 0 Å². The van der Waals surface area contributed by atoms with E-state index in [2.05, 4.69) is 86.9 Å². The summed E-state index contributed by atoms with van der Waals surface area (Å²) in [6, 6.07) is 5.40. The van der Waals surface area contributed by atoms with Gasteiger partial charge in [-0.15, -0.1) is 47.4 Å². The third-order valence-electron chi connectivity index (χ3n) is 11.2. The number of carbonyl (C=O) groups excluding carboxylic acids is 3. The number of hydrogen-bond acceptors (Lipinski definition) is 12. The lowest BCUT2D eigenvalue weighted by molar-refractivity contribution is -0.158. The molecule has 1 atom stereocenters. The SMILES string of the molecule is CCCCC#CCCOC(CCC(=O)OCc1cc(COC(=O)CCC(OCCC#CCCCC)OCCC#CCCCC)cc(COC(=O)OCC2CCCN(CC)C2)c1)OCCC#CCCCC. The lowest BCUT2D eigenvalue weighted by atomic mass is 9.99. The minimum Gasteiger partial charge on any atom is -0.461 e. The largest absolute Gasteiger partial charge is 0.508 e. The second-order valence-electron chi connectivity index (χ2n) is 17.5. The van der Waals surface area contributed by atoms with Gasteiger partial charge in [0.05, 0.1) is 45.9 Å². The molecule has 390 valence electrons. The van der Waals surface area contributed by atoms with Crippen LogP contribution in [0.1, 0.15) is 193 Å². The number of hydrogen-bond donors (Lipinski definition) is 0. The number of piperidine rings is 1. The van der Waals surface area contributed by atoms with Crippen LogP contribution in [0.3, 0.4) is 0 Å². The molecule has 1 fully saturated rings. The highest BCUT2D eigenvalue weighted by molar-refractivity contribution is 5.69. The molecular formula is C58H87NO11. The summed E-state index contributed by atoms with van der Waals surface area (Å²) in [5.74, 6) is 24.7. The third-order valence-corrected chi connectivity index (χ3v) is 11.2. The van der Waals surface area contributed by atoms with E-state index in [0.717, 1.165) is 110 Å². The zero-order chi connectivity index (χ0) is 50.5. The minimum atomic E-state index is -0.754. The van der Waals surface area contributed by atoms with Crippen molar-refractivity contribution >= 4 is 18.1 Å². The Morgan fingerprint density at radius 3 is 1.27 bits per heavy atom. The van der Waals surface area contributed by atoms with Gasteiger partial charge in [0.25, 0.3) is 0 Å². The normalized spacial score (nSPS) is 13.2. The second kappa shape index (κ2) is 43.3. The molecule has 1 heterocycles. The van der Waals surface area contributed by atoms with Gasteiger partial charge >= 0.3 is 18.1 Å². The van der Waals surface area contributed by atoms with Crippen LogP contribution in [0.4, 0.5) is 4.79 Å². The van der Waals surface area contributed by atoms with Crippen molar-refractivity contribution in [1.82, 2.24) is 4.90 Å². The molecule has 0 bridgehead atoms. The number of ether oxygens (including phenoxy) is 8. The number of esters is 2. The first kappa shape index (κ1) is 61.6. The highest BCUT2D eigenvalue weighted by atomic mass is 16.7. The van der Waals surface area contributed by atoms with E-state index < -0.39 is 30.7 Å². The van der Waals surface area contributed by atoms with E-state index in [1.54, 1.807) is 18.2 Å². The quantitative estimate of drug-likeness (QED) is 0.0211. The molecule has 12 heteroatoms. The van der Waals surface area contributed by atoms with E-state index in [4.69, 9.17) is 37.9 Å². The molecule has 0 aliphatic carbocycles. The summed E-state index contributed by atoms with van der Waals surface area (Å²) < 4.78 is 46.5. The van der Waals surface area contributed by atoms with E-state index in [0.29, 0.717) is 88.2 Å². The van der Waals surface area contributed by atoms with Crippen LogP contribution in [-0.4, -0.2) is 88.2 Å². The topological polar surface area (TPSA) is 128 Å². The molecule has 1 aromatic rings. The minimum absolute atomic E-state index is 0.0525. The summed E-state index contributed by atoms with van der Waals surface area (Å²) in [5.41, 5.74) is 1.90. The van der Waals surface area contributed by atoms with Crippen molar-refractivity contribution in [2.75, 3.05) is 52.7 Å². The van der Waals surface area contributed by atoms with Gasteiger partial charge in [0, 0.05) is 76.7 Å². The first-order chi connectivity index (χ1) is 34.3. The summed E-state index contributed by atoms with van der Waals surface area (Å²) in [4.78, 5) is 41.4. The number of carbonyl (C=O) groups is 3. The van der Waals surface area contributed by atoms with Crippen LogP contribution >= 0.6 is 0 Å². The molecule has 0 spiro atoms. The van der Waals surface area contributed by atoms with Crippen molar-refractivity contribution in [1.29, 1.82) is 0 Å². The monoisotopic (exact) mass is 974 g/mol. The summed E-state index contributed by atoms with van der Waals surface area (Å²) in [5, 5.41) is 0. The average Bonchev–Trinajstić information content (AvgIpc) is 3.37. The van der Waals surface area contributed by atoms with Crippen LogP contribution in [0, 0.1) is 53.3 Å². The van der Waals surface area contributed by atoms with Gasteiger partial charge in [-0.1, -0.05) is 60.3 Å². The van der Waals surface area contributed by atoms with Crippen LogP contribution in [0.2, 0.25) is 0 Å². The molecule has 1 aliphatic heterocycles. The zero-order valence-corrected chi connectivity index (χ0v) is 43.7. The Balaban J connectivity index is 2.08. The highest BCUT2D eigenvalue weighted by Crippen LogP contribution is 2.19. The fourth-order valence-electron chi connectivity index (χ4n) is 7.14. The molecule has 0 radical (unpaired) electrons. The molecule has 70 heavy (non-hydrogen) atoms. The number of nitrogens with zero attached hydrogens (tertiary/aromatic N) is 1. The van der Waals surface area contributed by atoms with Crippen molar-refractivity contribution in [3.63, 3.8) is 0 Å². The standard InChI is InChI=1S/C58H87NO11/c1-6-11-15-19-23-27-38-63-56(64-39-28-24-20-16-12-7-2)35-33-54(60)67-47-51-42-52(44-53(43-51)49-70-58(62)69-46-50-32-31-37-59(10-5)45-50)48-68-55(61)34-36-57(65-40-29-25-21-17-13-8-3)66-41-30-26-22-18-14-9-4/h42-44,50,56-57H,6-18,27-41,45-49H2,1-5H3. The molecule has 0 amide bonds. The molecular weight excluding hydrogens is 887 g/mol. The Labute approximate surface area is 423 Å². The van der Waals surface area contributed by atoms with E-state index in [-0.39, 0.29) is 38.6 Å². The number of unbranched alkanes of at least 4 members (excludes halogenated alkanes) is 8. The van der Waals surface area contributed by atoms with Gasteiger partial charge in [-0.25, -0.2) is 4.79 Å². The summed E-state index contributed by atoms with van der Waals surface area (Å²) in [7, 11) is 0. The first-order valence-corrected chi connectivity index (χ1v) is 26.5. The Morgan fingerprint density at radius 1 is 0.529 bits per heavy atom. The van der Waals surface area contributed by atoms with Gasteiger partial charge in [-0.05, 0) is 86.5 Å². The number of rotatable bonds is 35. The molecule has 2 rings (SSSR count). The van der Waals surface area contributed by atoms with E-state index in [1.165, 1.54) is 0 Å². The highest BCUT2D eigenvalue weighted by Gasteiger charge is 2.21. The van der Waals surface area contributed by atoms with Gasteiger partial charge in [0.2, 0.25) is 0 Å². The second-order valence-corrected chi connectivity index (χ2v) is 17.5. The lowest BCUT2D eigenvalue weighted by Gasteiger charge is -2.31. The molecule has 0 aromatic heterocycles. The number of likely N-dealkylation sites (tertiary alicyclic amines) is 1. The third kappa shape index (κ3) is 33.9. The van der Waals surface area contributed by atoms with E-state index in [1.807, 2.05) is 0 Å². The maximum absolute atomic E-state index is 13.1. The van der Waals surface area contributed by atoms with Crippen molar-refractivity contribution in [2.45, 2.75) is 208 Å². The van der Waals surface area contributed by atoms with E-state index >= 15 is 0 Å². The Bertz CT molecular complexity index is 1650. The maximum atomic E-state index is 13.1. The van der Waals surface area contributed by atoms with Gasteiger partial charge in [-0.3, -0.25) is 9.59 Å². The summed E-state index contributed by atoms with van der Waals surface area (Å²) in [6.45, 7) is 15.3. The van der Waals surface area contributed by atoms with Crippen molar-refractivity contribution in [2.24, 2.45) is 5.92 Å². The molecule has 0 N–H and O–H groups in total. The molecule has 1 aromatic carbocycles. The van der Waals surface area contributed by atoms with Gasteiger partial charge in [0.1, 0.15) is 19.8 Å². The average molecular weight is 974 g/mol. The fourth-order valence-corrected chi connectivity index (χ4v) is 7.14. The summed E-state index contributed by atoms with van der Waals surface area (Å²) >= 11 is 0. The van der Waals surface area contributed by atoms with Crippen molar-refractivity contribution in [3.05, 3.63) is 34.9 Å². The predicted molar refractivity (Wildman–Crippen MR) is 275 cm³/mol. The molecule has 1 aliphatic rings. The van der Waals surface area contributed by atoms with Crippen molar-refractivity contribution < 1.29 is 52.3 Å². The maximum Gasteiger partial charge on any atom is 0.508 e. The molecule has 12 nitrogen and oxygen atoms in total. The molecule has 0 saturated carbocycles. The molecule has 1 saturated heterocycles. The smallest absolute Gasteiger partial charge is 0.461 e.